The quantitative estimate of drug-likeness (QED) is 0.890. The minimum absolute atomic E-state index is 0.0854. The highest BCUT2D eigenvalue weighted by molar-refractivity contribution is 7.10. The third kappa shape index (κ3) is 2.96. The molecule has 1 aromatic heterocycles. The van der Waals surface area contributed by atoms with E-state index >= 15 is 0 Å². The highest BCUT2D eigenvalue weighted by Gasteiger charge is 2.27. The number of methoxy groups -OCH3 is 1. The Hall–Kier alpha value is -1.14. The van der Waals surface area contributed by atoms with Gasteiger partial charge in [0.25, 0.3) is 0 Å². The van der Waals surface area contributed by atoms with Crippen molar-refractivity contribution in [2.24, 2.45) is 5.73 Å². The molecule has 1 aromatic carbocycles. The maximum atomic E-state index is 14.0. The van der Waals surface area contributed by atoms with Gasteiger partial charge in [-0.3, -0.25) is 0 Å². The molecule has 2 atom stereocenters. The highest BCUT2D eigenvalue weighted by Crippen LogP contribution is 2.38. The van der Waals surface area contributed by atoms with Crippen LogP contribution in [0.2, 0.25) is 5.02 Å². The van der Waals surface area contributed by atoms with Crippen molar-refractivity contribution in [1.82, 2.24) is 0 Å². The van der Waals surface area contributed by atoms with Gasteiger partial charge in [0.1, 0.15) is 11.6 Å². The largest absolute Gasteiger partial charge is 0.496 e. The molecular formula is C14H15ClFNO2S. The fraction of sp³-hybridized carbons (Fsp3) is 0.286. The molecule has 0 aliphatic rings. The highest BCUT2D eigenvalue weighted by atomic mass is 35.5. The second-order valence-corrected chi connectivity index (χ2v) is 5.66. The van der Waals surface area contributed by atoms with Crippen LogP contribution in [0.4, 0.5) is 4.39 Å². The maximum Gasteiger partial charge on any atom is 0.129 e. The zero-order valence-corrected chi connectivity index (χ0v) is 12.4. The summed E-state index contributed by atoms with van der Waals surface area (Å²) in [5.74, 6) is -0.415. The van der Waals surface area contributed by atoms with Crippen LogP contribution in [0, 0.1) is 5.82 Å². The lowest BCUT2D eigenvalue weighted by Crippen LogP contribution is -2.21. The monoisotopic (exact) mass is 315 g/mol. The van der Waals surface area contributed by atoms with Crippen molar-refractivity contribution in [2.45, 2.75) is 12.0 Å². The van der Waals surface area contributed by atoms with Gasteiger partial charge in [-0.15, -0.1) is 11.3 Å². The van der Waals surface area contributed by atoms with E-state index in [4.69, 9.17) is 22.1 Å². The number of ether oxygens (including phenoxy) is 1. The summed E-state index contributed by atoms with van der Waals surface area (Å²) < 4.78 is 19.0. The van der Waals surface area contributed by atoms with E-state index in [0.29, 0.717) is 10.6 Å². The third-order valence-electron chi connectivity index (χ3n) is 3.13. The lowest BCUT2D eigenvalue weighted by molar-refractivity contribution is 0.149. The second kappa shape index (κ2) is 6.54. The van der Waals surface area contributed by atoms with E-state index in [1.165, 1.54) is 23.5 Å². The summed E-state index contributed by atoms with van der Waals surface area (Å²) in [6.45, 7) is 0.0854. The van der Waals surface area contributed by atoms with Crippen LogP contribution < -0.4 is 10.5 Å². The van der Waals surface area contributed by atoms with Gasteiger partial charge < -0.3 is 15.6 Å². The molecule has 0 spiro atoms. The van der Waals surface area contributed by atoms with Crippen molar-refractivity contribution in [3.05, 3.63) is 50.9 Å². The first-order valence-electron chi connectivity index (χ1n) is 6.03. The number of hydrogen-bond donors (Lipinski definition) is 2. The standard InChI is InChI=1S/C14H15ClFNO2S/c1-19-8-5-12(20-7-8)14(18)9(6-17)13-10(15)3-2-4-11(13)16/h2-5,7,9,14,18H,6,17H2,1H3. The molecule has 3 N–H and O–H groups in total. The molecule has 20 heavy (non-hydrogen) atoms. The Morgan fingerprint density at radius 2 is 2.25 bits per heavy atom. The SMILES string of the molecule is COc1csc(C(O)C(CN)c2c(F)cccc2Cl)c1. The average Bonchev–Trinajstić information content (AvgIpc) is 2.91. The van der Waals surface area contributed by atoms with Crippen LogP contribution >= 0.6 is 22.9 Å². The molecule has 3 nitrogen and oxygen atoms in total. The number of benzene rings is 1. The van der Waals surface area contributed by atoms with E-state index < -0.39 is 17.8 Å². The smallest absolute Gasteiger partial charge is 0.129 e. The molecule has 0 amide bonds. The van der Waals surface area contributed by atoms with Crippen LogP contribution in [0.15, 0.2) is 29.6 Å². The lowest BCUT2D eigenvalue weighted by Gasteiger charge is -2.22. The lowest BCUT2D eigenvalue weighted by atomic mass is 9.92. The molecule has 0 fully saturated rings. The number of halogens is 2. The van der Waals surface area contributed by atoms with Gasteiger partial charge in [0.05, 0.1) is 13.2 Å². The fourth-order valence-corrected chi connectivity index (χ4v) is 3.27. The van der Waals surface area contributed by atoms with E-state index in [9.17, 15) is 9.50 Å². The van der Waals surface area contributed by atoms with Crippen molar-refractivity contribution in [3.63, 3.8) is 0 Å². The third-order valence-corrected chi connectivity index (χ3v) is 4.44. The Morgan fingerprint density at radius 3 is 2.80 bits per heavy atom. The first kappa shape index (κ1) is 15.3. The molecule has 0 saturated heterocycles. The van der Waals surface area contributed by atoms with Crippen molar-refractivity contribution in [1.29, 1.82) is 0 Å². The molecule has 0 aliphatic heterocycles. The van der Waals surface area contributed by atoms with E-state index in [1.807, 2.05) is 0 Å². The zero-order chi connectivity index (χ0) is 14.7. The zero-order valence-electron chi connectivity index (χ0n) is 10.8. The predicted octanol–water partition coefficient (Wildman–Crippen LogP) is 3.33. The van der Waals surface area contributed by atoms with E-state index in [2.05, 4.69) is 0 Å². The van der Waals surface area contributed by atoms with E-state index in [1.54, 1.807) is 24.6 Å². The van der Waals surface area contributed by atoms with Crippen LogP contribution in [-0.2, 0) is 0 Å². The van der Waals surface area contributed by atoms with Crippen LogP contribution in [0.5, 0.6) is 5.75 Å². The molecule has 0 bridgehead atoms. The molecule has 0 radical (unpaired) electrons. The Labute approximate surface area is 125 Å². The Balaban J connectivity index is 2.36. The number of aliphatic hydroxyl groups is 1. The average molecular weight is 316 g/mol. The minimum atomic E-state index is -0.928. The van der Waals surface area contributed by atoms with Crippen molar-refractivity contribution in [3.8, 4) is 5.75 Å². The molecule has 0 aliphatic carbocycles. The van der Waals surface area contributed by atoms with Crippen LogP contribution in [0.3, 0.4) is 0 Å². The summed E-state index contributed by atoms with van der Waals surface area (Å²) in [7, 11) is 1.55. The van der Waals surface area contributed by atoms with Crippen molar-refractivity contribution < 1.29 is 14.2 Å². The molecular weight excluding hydrogens is 301 g/mol. The summed E-state index contributed by atoms with van der Waals surface area (Å²) in [6, 6.07) is 6.14. The van der Waals surface area contributed by atoms with Gasteiger partial charge in [-0.25, -0.2) is 4.39 Å². The normalized spacial score (nSPS) is 14.1. The Kier molecular flexibility index (Phi) is 4.99. The molecule has 2 unspecified atom stereocenters. The summed E-state index contributed by atoms with van der Waals surface area (Å²) >= 11 is 7.38. The predicted molar refractivity (Wildman–Crippen MR) is 79.0 cm³/mol. The first-order chi connectivity index (χ1) is 9.58. The van der Waals surface area contributed by atoms with Gasteiger partial charge in [-0.2, -0.15) is 0 Å². The van der Waals surface area contributed by atoms with Crippen LogP contribution in [-0.4, -0.2) is 18.8 Å². The Morgan fingerprint density at radius 1 is 1.50 bits per heavy atom. The van der Waals surface area contributed by atoms with Gasteiger partial charge in [-0.1, -0.05) is 17.7 Å². The molecule has 6 heteroatoms. The fourth-order valence-electron chi connectivity index (χ4n) is 2.06. The van der Waals surface area contributed by atoms with Gasteiger partial charge in [0, 0.05) is 33.3 Å². The summed E-state index contributed by atoms with van der Waals surface area (Å²) in [6.07, 6.45) is -0.928. The van der Waals surface area contributed by atoms with Crippen LogP contribution in [0.1, 0.15) is 22.5 Å². The van der Waals surface area contributed by atoms with Crippen LogP contribution in [0.25, 0.3) is 0 Å². The van der Waals surface area contributed by atoms with Gasteiger partial charge in [-0.05, 0) is 18.2 Å². The summed E-state index contributed by atoms with van der Waals surface area (Å²) in [5, 5.41) is 12.5. The molecule has 2 aromatic rings. The number of thiophene rings is 1. The molecule has 108 valence electrons. The van der Waals surface area contributed by atoms with E-state index in [-0.39, 0.29) is 17.1 Å². The first-order valence-corrected chi connectivity index (χ1v) is 7.28. The number of hydrogen-bond acceptors (Lipinski definition) is 4. The number of rotatable bonds is 5. The van der Waals surface area contributed by atoms with E-state index in [0.717, 1.165) is 0 Å². The van der Waals surface area contributed by atoms with Crippen molar-refractivity contribution in [2.75, 3.05) is 13.7 Å². The molecule has 1 heterocycles. The Bertz CT molecular complexity index is 570. The number of aliphatic hydroxyl groups excluding tert-OH is 1. The maximum absolute atomic E-state index is 14.0. The molecule has 2 rings (SSSR count). The topological polar surface area (TPSA) is 55.5 Å². The molecule has 0 saturated carbocycles. The van der Waals surface area contributed by atoms with Gasteiger partial charge in [0.2, 0.25) is 0 Å². The van der Waals surface area contributed by atoms with Crippen molar-refractivity contribution >= 4 is 22.9 Å². The van der Waals surface area contributed by atoms with Gasteiger partial charge in [0.15, 0.2) is 0 Å². The van der Waals surface area contributed by atoms with Gasteiger partial charge >= 0.3 is 0 Å². The summed E-state index contributed by atoms with van der Waals surface area (Å²) in [4.78, 5) is 0.664. The minimum Gasteiger partial charge on any atom is -0.496 e. The summed E-state index contributed by atoms with van der Waals surface area (Å²) in [5.41, 5.74) is 5.95. The second-order valence-electron chi connectivity index (χ2n) is 4.31. The number of nitrogens with two attached hydrogens (primary N) is 1.